The van der Waals surface area contributed by atoms with Gasteiger partial charge in [0.05, 0.1) is 5.41 Å². The van der Waals surface area contributed by atoms with Gasteiger partial charge in [0, 0.05) is 25.2 Å². The molecule has 0 radical (unpaired) electrons. The van der Waals surface area contributed by atoms with Gasteiger partial charge in [-0.1, -0.05) is 36.6 Å². The van der Waals surface area contributed by atoms with Crippen LogP contribution in [0.5, 0.6) is 0 Å². The first kappa shape index (κ1) is 18.3. The lowest BCUT2D eigenvalue weighted by Gasteiger charge is -2.33. The number of carbonyl (C=O) groups is 1. The molecular weight excluding hydrogens is 307 g/mol. The first-order valence-electron chi connectivity index (χ1n) is 7.26. The molecule has 0 atom stereocenters. The molecule has 1 aliphatic rings. The molecule has 0 unspecified atom stereocenters. The average molecular weight is 331 g/mol. The van der Waals surface area contributed by atoms with Crippen LogP contribution in [0, 0.1) is 0 Å². The molecule has 1 fully saturated rings. The van der Waals surface area contributed by atoms with E-state index in [-0.39, 0.29) is 23.7 Å². The first-order chi connectivity index (χ1) is 9.60. The van der Waals surface area contributed by atoms with Crippen molar-refractivity contribution in [2.45, 2.75) is 31.1 Å². The lowest BCUT2D eigenvalue weighted by atomic mass is 9.77. The van der Waals surface area contributed by atoms with Gasteiger partial charge < -0.3 is 10.2 Å². The largest absolute Gasteiger partial charge is 0.344 e. The zero-order chi connectivity index (χ0) is 14.6. The number of rotatable bonds is 5. The van der Waals surface area contributed by atoms with Gasteiger partial charge in [0.15, 0.2) is 0 Å². The minimum atomic E-state index is -0.368. The molecule has 0 aromatic heterocycles. The van der Waals surface area contributed by atoms with Crippen LogP contribution in [0.15, 0.2) is 24.3 Å². The van der Waals surface area contributed by atoms with E-state index in [1.807, 2.05) is 43.3 Å². The molecule has 0 heterocycles. The fraction of sp³-hybridized carbons (Fsp3) is 0.562. The topological polar surface area (TPSA) is 32.3 Å². The molecule has 1 aromatic carbocycles. The van der Waals surface area contributed by atoms with Crippen LogP contribution in [0.3, 0.4) is 0 Å². The Balaban J connectivity index is 0.00000220. The van der Waals surface area contributed by atoms with Crippen LogP contribution in [-0.2, 0) is 10.2 Å². The SMILES string of the molecule is CNCCN(C)C(=O)C1(c2cccc(Cl)c2)CCCC1.Cl. The molecule has 21 heavy (non-hydrogen) atoms. The highest BCUT2D eigenvalue weighted by Gasteiger charge is 2.44. The predicted octanol–water partition coefficient (Wildman–Crippen LogP) is 3.25. The summed E-state index contributed by atoms with van der Waals surface area (Å²) in [7, 11) is 3.80. The normalized spacial score (nSPS) is 16.3. The molecule has 2 rings (SSSR count). The summed E-state index contributed by atoms with van der Waals surface area (Å²) in [5.41, 5.74) is 0.705. The fourth-order valence-electron chi connectivity index (χ4n) is 3.14. The Hall–Kier alpha value is -0.770. The van der Waals surface area contributed by atoms with Crippen LogP contribution in [0.25, 0.3) is 0 Å². The molecule has 1 aromatic rings. The highest BCUT2D eigenvalue weighted by Crippen LogP contribution is 2.43. The summed E-state index contributed by atoms with van der Waals surface area (Å²) in [6.45, 7) is 1.55. The van der Waals surface area contributed by atoms with Crippen molar-refractivity contribution in [3.63, 3.8) is 0 Å². The second-order valence-corrected chi connectivity index (χ2v) is 6.07. The number of benzene rings is 1. The summed E-state index contributed by atoms with van der Waals surface area (Å²) >= 11 is 6.12. The Morgan fingerprint density at radius 1 is 1.38 bits per heavy atom. The maximum atomic E-state index is 12.9. The van der Waals surface area contributed by atoms with Gasteiger partial charge in [0.1, 0.15) is 0 Å². The Kier molecular flexibility index (Phi) is 6.98. The molecule has 0 spiro atoms. The van der Waals surface area contributed by atoms with Crippen molar-refractivity contribution in [3.05, 3.63) is 34.9 Å². The standard InChI is InChI=1S/C16H23ClN2O.ClH/c1-18-10-11-19(2)15(20)16(8-3-4-9-16)13-6-5-7-14(17)12-13;/h5-7,12,18H,3-4,8-11H2,1-2H3;1H. The van der Waals surface area contributed by atoms with E-state index < -0.39 is 0 Å². The fourth-order valence-corrected chi connectivity index (χ4v) is 3.33. The Labute approximate surface area is 138 Å². The van der Waals surface area contributed by atoms with E-state index in [2.05, 4.69) is 5.32 Å². The van der Waals surface area contributed by atoms with Gasteiger partial charge in [-0.05, 0) is 37.6 Å². The Morgan fingerprint density at radius 2 is 2.05 bits per heavy atom. The molecule has 0 saturated heterocycles. The number of nitrogens with zero attached hydrogens (tertiary/aromatic N) is 1. The predicted molar refractivity (Wildman–Crippen MR) is 90.4 cm³/mol. The van der Waals surface area contributed by atoms with Crippen molar-refractivity contribution in [1.29, 1.82) is 0 Å². The first-order valence-corrected chi connectivity index (χ1v) is 7.64. The Bertz CT molecular complexity index is 473. The monoisotopic (exact) mass is 330 g/mol. The number of likely N-dealkylation sites (N-methyl/N-ethyl adjacent to an activating group) is 2. The molecule has 5 heteroatoms. The van der Waals surface area contributed by atoms with Crippen molar-refractivity contribution in [2.24, 2.45) is 0 Å². The highest BCUT2D eigenvalue weighted by molar-refractivity contribution is 6.30. The minimum absolute atomic E-state index is 0. The third-order valence-electron chi connectivity index (χ3n) is 4.29. The van der Waals surface area contributed by atoms with Crippen molar-refractivity contribution in [3.8, 4) is 0 Å². The second kappa shape index (κ2) is 8.02. The van der Waals surface area contributed by atoms with Crippen molar-refractivity contribution >= 4 is 29.9 Å². The van der Waals surface area contributed by atoms with Gasteiger partial charge >= 0.3 is 0 Å². The quantitative estimate of drug-likeness (QED) is 0.898. The molecule has 1 amide bonds. The van der Waals surface area contributed by atoms with Crippen LogP contribution in [-0.4, -0.2) is 38.0 Å². The molecule has 118 valence electrons. The van der Waals surface area contributed by atoms with E-state index in [4.69, 9.17) is 11.6 Å². The van der Waals surface area contributed by atoms with Gasteiger partial charge in [-0.2, -0.15) is 0 Å². The summed E-state index contributed by atoms with van der Waals surface area (Å²) in [4.78, 5) is 14.8. The van der Waals surface area contributed by atoms with E-state index in [1.165, 1.54) is 0 Å². The van der Waals surface area contributed by atoms with Crippen molar-refractivity contribution in [2.75, 3.05) is 27.2 Å². The molecule has 0 aliphatic heterocycles. The van der Waals surface area contributed by atoms with Crippen LogP contribution in [0.1, 0.15) is 31.2 Å². The molecule has 3 nitrogen and oxygen atoms in total. The van der Waals surface area contributed by atoms with Crippen molar-refractivity contribution in [1.82, 2.24) is 10.2 Å². The number of hydrogen-bond donors (Lipinski definition) is 1. The van der Waals surface area contributed by atoms with Gasteiger partial charge in [0.2, 0.25) is 5.91 Å². The summed E-state index contributed by atoms with van der Waals surface area (Å²) in [5.74, 6) is 0.229. The molecular formula is C16H24Cl2N2O. The molecule has 1 N–H and O–H groups in total. The van der Waals surface area contributed by atoms with Crippen molar-refractivity contribution < 1.29 is 4.79 Å². The van der Waals surface area contributed by atoms with Gasteiger partial charge in [-0.15, -0.1) is 12.4 Å². The van der Waals surface area contributed by atoms with Gasteiger partial charge in [-0.3, -0.25) is 4.79 Å². The summed E-state index contributed by atoms with van der Waals surface area (Å²) in [5, 5.41) is 3.80. The lowest BCUT2D eigenvalue weighted by Crippen LogP contribution is -2.45. The molecule has 0 bridgehead atoms. The maximum Gasteiger partial charge on any atom is 0.233 e. The smallest absolute Gasteiger partial charge is 0.233 e. The van der Waals surface area contributed by atoms with Crippen LogP contribution in [0.2, 0.25) is 5.02 Å². The van der Waals surface area contributed by atoms with Crippen LogP contribution in [0.4, 0.5) is 0 Å². The molecule has 1 aliphatic carbocycles. The van der Waals surface area contributed by atoms with E-state index in [1.54, 1.807) is 0 Å². The third-order valence-corrected chi connectivity index (χ3v) is 4.52. The highest BCUT2D eigenvalue weighted by atomic mass is 35.5. The number of amides is 1. The maximum absolute atomic E-state index is 12.9. The third kappa shape index (κ3) is 3.91. The van der Waals surface area contributed by atoms with Gasteiger partial charge in [-0.25, -0.2) is 0 Å². The zero-order valence-corrected chi connectivity index (χ0v) is 14.3. The van der Waals surface area contributed by atoms with E-state index in [0.29, 0.717) is 5.02 Å². The average Bonchev–Trinajstić information content (AvgIpc) is 2.94. The summed E-state index contributed by atoms with van der Waals surface area (Å²) < 4.78 is 0. The Morgan fingerprint density at radius 3 is 2.62 bits per heavy atom. The summed E-state index contributed by atoms with van der Waals surface area (Å²) in [6, 6.07) is 7.80. The molecule has 1 saturated carbocycles. The van der Waals surface area contributed by atoms with E-state index in [0.717, 1.165) is 44.3 Å². The second-order valence-electron chi connectivity index (χ2n) is 5.63. The number of hydrogen-bond acceptors (Lipinski definition) is 2. The van der Waals surface area contributed by atoms with Crippen LogP contribution >= 0.6 is 24.0 Å². The van der Waals surface area contributed by atoms with E-state index in [9.17, 15) is 4.79 Å². The number of nitrogens with one attached hydrogen (secondary N) is 1. The number of halogens is 2. The van der Waals surface area contributed by atoms with Gasteiger partial charge in [0.25, 0.3) is 0 Å². The van der Waals surface area contributed by atoms with E-state index >= 15 is 0 Å². The number of carbonyl (C=O) groups excluding carboxylic acids is 1. The summed E-state index contributed by atoms with van der Waals surface area (Å²) in [6.07, 6.45) is 4.07. The van der Waals surface area contributed by atoms with Crippen LogP contribution < -0.4 is 5.32 Å². The lowest BCUT2D eigenvalue weighted by molar-refractivity contribution is -0.136. The zero-order valence-electron chi connectivity index (χ0n) is 12.7. The minimum Gasteiger partial charge on any atom is -0.344 e.